The van der Waals surface area contributed by atoms with E-state index in [1.165, 1.54) is 19.1 Å². The minimum atomic E-state index is -3.37. The van der Waals surface area contributed by atoms with Gasteiger partial charge < -0.3 is 5.32 Å². The summed E-state index contributed by atoms with van der Waals surface area (Å²) < 4.78 is 22.5. The lowest BCUT2D eigenvalue weighted by Crippen LogP contribution is -2.34. The monoisotopic (exact) mass is 335 g/mol. The molecule has 0 atom stereocenters. The number of amides is 3. The summed E-state index contributed by atoms with van der Waals surface area (Å²) in [5.74, 6) is -2.28. The molecule has 1 N–H and O–H groups in total. The summed E-state index contributed by atoms with van der Waals surface area (Å²) in [6.07, 6.45) is 0.995. The summed E-state index contributed by atoms with van der Waals surface area (Å²) in [4.78, 5) is 36.8. The molecule has 1 aliphatic rings. The van der Waals surface area contributed by atoms with Gasteiger partial charge in [0.15, 0.2) is 0 Å². The molecule has 0 saturated heterocycles. The first-order valence-corrected chi connectivity index (χ1v) is 8.60. The Balaban J connectivity index is 2.51. The van der Waals surface area contributed by atoms with Gasteiger partial charge in [0, 0.05) is 19.7 Å². The molecule has 0 bridgehead atoms. The van der Waals surface area contributed by atoms with Crippen LogP contribution in [0.15, 0.2) is 12.1 Å². The predicted octanol–water partition coefficient (Wildman–Crippen LogP) is 0.157. The Morgan fingerprint density at radius 3 is 2.39 bits per heavy atom. The molecule has 1 aromatic rings. The van der Waals surface area contributed by atoms with Crippen LogP contribution in [-0.2, 0) is 14.6 Å². The minimum absolute atomic E-state index is 0.00527. The Hall–Kier alpha value is -2.73. The molecule has 3 amide bonds. The van der Waals surface area contributed by atoms with Crippen LogP contribution in [0.5, 0.6) is 0 Å². The second kappa shape index (κ2) is 5.81. The molecule has 0 spiro atoms. The zero-order valence-electron chi connectivity index (χ0n) is 12.4. The zero-order chi connectivity index (χ0) is 17.4. The van der Waals surface area contributed by atoms with Crippen LogP contribution in [0.4, 0.5) is 5.69 Å². The number of nitriles is 1. The largest absolute Gasteiger partial charge is 0.326 e. The van der Waals surface area contributed by atoms with Crippen LogP contribution < -0.4 is 5.32 Å². The van der Waals surface area contributed by atoms with E-state index in [0.717, 1.165) is 11.2 Å². The predicted molar refractivity (Wildman–Crippen MR) is 80.5 cm³/mol. The van der Waals surface area contributed by atoms with Crippen molar-refractivity contribution in [3.05, 3.63) is 28.8 Å². The standard InChI is InChI=1S/C14H13N3O5S/c1-8(18)16-10-4-3-9(7-15)11-12(10)14(20)17(13(11)19)5-6-23(2,21)22/h3-4H,5-6H2,1-2H3,(H,16,18). The molecule has 1 heterocycles. The van der Waals surface area contributed by atoms with Crippen molar-refractivity contribution in [1.29, 1.82) is 5.26 Å². The Morgan fingerprint density at radius 1 is 1.26 bits per heavy atom. The van der Waals surface area contributed by atoms with Gasteiger partial charge in [-0.25, -0.2) is 8.42 Å². The van der Waals surface area contributed by atoms with E-state index in [1.54, 1.807) is 0 Å². The third-order valence-electron chi connectivity index (χ3n) is 3.24. The molecule has 1 aromatic carbocycles. The number of sulfone groups is 1. The lowest BCUT2D eigenvalue weighted by molar-refractivity contribution is -0.114. The molecule has 0 aliphatic carbocycles. The molecule has 0 saturated carbocycles. The highest BCUT2D eigenvalue weighted by Gasteiger charge is 2.40. The highest BCUT2D eigenvalue weighted by molar-refractivity contribution is 7.90. The van der Waals surface area contributed by atoms with Crippen molar-refractivity contribution >= 4 is 33.2 Å². The topological polar surface area (TPSA) is 124 Å². The summed E-state index contributed by atoms with van der Waals surface area (Å²) in [6, 6.07) is 4.51. The van der Waals surface area contributed by atoms with E-state index >= 15 is 0 Å². The number of benzene rings is 1. The van der Waals surface area contributed by atoms with Gasteiger partial charge in [0.05, 0.1) is 34.2 Å². The summed E-state index contributed by atoms with van der Waals surface area (Å²) in [5, 5.41) is 11.5. The molecule has 9 heteroatoms. The van der Waals surface area contributed by atoms with Crippen LogP contribution in [0.3, 0.4) is 0 Å². The SMILES string of the molecule is CC(=O)Nc1ccc(C#N)c2c1C(=O)N(CCS(C)(=O)=O)C2=O. The van der Waals surface area contributed by atoms with Crippen LogP contribution in [0.2, 0.25) is 0 Å². The molecule has 120 valence electrons. The molecule has 0 fully saturated rings. The zero-order valence-corrected chi connectivity index (χ0v) is 13.2. The molecular formula is C14H13N3O5S. The summed E-state index contributed by atoms with van der Waals surface area (Å²) in [7, 11) is -3.37. The van der Waals surface area contributed by atoms with Gasteiger partial charge in [0.1, 0.15) is 9.84 Å². The third kappa shape index (κ3) is 3.22. The van der Waals surface area contributed by atoms with Crippen molar-refractivity contribution < 1.29 is 22.8 Å². The first-order valence-electron chi connectivity index (χ1n) is 6.54. The number of rotatable bonds is 4. The molecular weight excluding hydrogens is 322 g/mol. The maximum atomic E-state index is 12.4. The number of anilines is 1. The molecule has 0 aromatic heterocycles. The second-order valence-electron chi connectivity index (χ2n) is 5.10. The summed E-state index contributed by atoms with van der Waals surface area (Å²) in [5.41, 5.74) is -0.0870. The molecule has 23 heavy (non-hydrogen) atoms. The number of hydrogen-bond donors (Lipinski definition) is 1. The Morgan fingerprint density at radius 2 is 1.87 bits per heavy atom. The first-order chi connectivity index (χ1) is 10.7. The number of imide groups is 1. The van der Waals surface area contributed by atoms with Crippen molar-refractivity contribution in [2.75, 3.05) is 23.9 Å². The molecule has 1 aliphatic heterocycles. The Labute approximate surface area is 132 Å². The maximum Gasteiger partial charge on any atom is 0.263 e. The van der Waals surface area contributed by atoms with Crippen molar-refractivity contribution in [2.45, 2.75) is 6.92 Å². The fourth-order valence-electron chi connectivity index (χ4n) is 2.26. The lowest BCUT2D eigenvalue weighted by Gasteiger charge is -2.12. The number of nitrogens with zero attached hydrogens (tertiary/aromatic N) is 2. The number of carbonyl (C=O) groups excluding carboxylic acids is 3. The van der Waals surface area contributed by atoms with Crippen LogP contribution >= 0.6 is 0 Å². The van der Waals surface area contributed by atoms with E-state index in [4.69, 9.17) is 5.26 Å². The highest BCUT2D eigenvalue weighted by atomic mass is 32.2. The number of nitrogens with one attached hydrogen (secondary N) is 1. The normalized spacial score (nSPS) is 13.7. The quantitative estimate of drug-likeness (QED) is 0.781. The van der Waals surface area contributed by atoms with Crippen LogP contribution in [0.1, 0.15) is 33.2 Å². The molecule has 0 unspecified atom stereocenters. The minimum Gasteiger partial charge on any atom is -0.326 e. The van der Waals surface area contributed by atoms with Crippen LogP contribution in [0.25, 0.3) is 0 Å². The van der Waals surface area contributed by atoms with Crippen molar-refractivity contribution in [2.24, 2.45) is 0 Å². The number of fused-ring (bicyclic) bond motifs is 1. The maximum absolute atomic E-state index is 12.4. The number of hydrogen-bond acceptors (Lipinski definition) is 6. The Bertz CT molecular complexity index is 867. The van der Waals surface area contributed by atoms with Gasteiger partial charge in [0.2, 0.25) is 5.91 Å². The van der Waals surface area contributed by atoms with Gasteiger partial charge in [-0.2, -0.15) is 5.26 Å². The van der Waals surface area contributed by atoms with Crippen molar-refractivity contribution in [3.63, 3.8) is 0 Å². The van der Waals surface area contributed by atoms with Gasteiger partial charge in [0.25, 0.3) is 11.8 Å². The lowest BCUT2D eigenvalue weighted by atomic mass is 10.0. The second-order valence-corrected chi connectivity index (χ2v) is 7.36. The average molecular weight is 335 g/mol. The van der Waals surface area contributed by atoms with Crippen LogP contribution in [-0.4, -0.2) is 49.6 Å². The molecule has 0 radical (unpaired) electrons. The molecule has 8 nitrogen and oxygen atoms in total. The fraction of sp³-hybridized carbons (Fsp3) is 0.286. The van der Waals surface area contributed by atoms with E-state index < -0.39 is 27.6 Å². The van der Waals surface area contributed by atoms with Gasteiger partial charge >= 0.3 is 0 Å². The van der Waals surface area contributed by atoms with Gasteiger partial charge in [-0.1, -0.05) is 0 Å². The average Bonchev–Trinajstić information content (AvgIpc) is 2.68. The molecule has 2 rings (SSSR count). The Kier molecular flexibility index (Phi) is 4.20. The number of carbonyl (C=O) groups is 3. The fourth-order valence-corrected chi connectivity index (χ4v) is 2.77. The van der Waals surface area contributed by atoms with E-state index in [0.29, 0.717) is 0 Å². The van der Waals surface area contributed by atoms with Gasteiger partial charge in [-0.05, 0) is 12.1 Å². The van der Waals surface area contributed by atoms with Gasteiger partial charge in [-0.15, -0.1) is 0 Å². The van der Waals surface area contributed by atoms with Crippen LogP contribution in [0, 0.1) is 11.3 Å². The van der Waals surface area contributed by atoms with Gasteiger partial charge in [-0.3, -0.25) is 19.3 Å². The van der Waals surface area contributed by atoms with Crippen molar-refractivity contribution in [1.82, 2.24) is 4.90 Å². The van der Waals surface area contributed by atoms with Crippen molar-refractivity contribution in [3.8, 4) is 6.07 Å². The van der Waals surface area contributed by atoms with E-state index in [2.05, 4.69) is 5.32 Å². The van der Waals surface area contributed by atoms with E-state index in [9.17, 15) is 22.8 Å². The first kappa shape index (κ1) is 16.6. The highest BCUT2D eigenvalue weighted by Crippen LogP contribution is 2.32. The summed E-state index contributed by atoms with van der Waals surface area (Å²) >= 11 is 0. The smallest absolute Gasteiger partial charge is 0.263 e. The van der Waals surface area contributed by atoms with E-state index in [1.807, 2.05) is 6.07 Å². The third-order valence-corrected chi connectivity index (χ3v) is 4.16. The van der Waals surface area contributed by atoms with E-state index in [-0.39, 0.29) is 34.7 Å². The summed E-state index contributed by atoms with van der Waals surface area (Å²) in [6.45, 7) is 0.933.